The van der Waals surface area contributed by atoms with Crippen molar-refractivity contribution >= 4 is 23.4 Å². The van der Waals surface area contributed by atoms with Gasteiger partial charge >= 0.3 is 0 Å². The molecule has 2 aromatic rings. The third-order valence-corrected chi connectivity index (χ3v) is 2.92. The molecule has 2 rings (SSSR count). The summed E-state index contributed by atoms with van der Waals surface area (Å²) in [7, 11) is 0. The molecule has 0 fully saturated rings. The Hall–Kier alpha value is -3.09. The van der Waals surface area contributed by atoms with Crippen LogP contribution in [0.1, 0.15) is 23.0 Å². The Balaban J connectivity index is 1.77. The highest BCUT2D eigenvalue weighted by Crippen LogP contribution is 2.09. The molecule has 0 aliphatic rings. The molecule has 0 saturated carbocycles. The van der Waals surface area contributed by atoms with Gasteiger partial charge in [0.2, 0.25) is 11.8 Å². The van der Waals surface area contributed by atoms with E-state index in [1.807, 2.05) is 0 Å². The normalized spacial score (nSPS) is 9.96. The third-order valence-electron chi connectivity index (χ3n) is 2.92. The zero-order valence-electron chi connectivity index (χ0n) is 12.6. The topological polar surface area (TPSA) is 100 Å². The average Bonchev–Trinajstić information content (AvgIpc) is 3.04. The van der Waals surface area contributed by atoms with Gasteiger partial charge in [0, 0.05) is 18.2 Å². The van der Waals surface area contributed by atoms with Gasteiger partial charge in [-0.2, -0.15) is 0 Å². The van der Waals surface area contributed by atoms with Gasteiger partial charge < -0.3 is 20.4 Å². The zero-order valence-corrected chi connectivity index (χ0v) is 12.6. The maximum atomic E-state index is 11.9. The van der Waals surface area contributed by atoms with Gasteiger partial charge in [0.05, 0.1) is 19.4 Å². The summed E-state index contributed by atoms with van der Waals surface area (Å²) in [5.74, 6) is -0.231. The number of benzene rings is 1. The van der Waals surface area contributed by atoms with Crippen LogP contribution in [0.25, 0.3) is 0 Å². The van der Waals surface area contributed by atoms with Crippen molar-refractivity contribution in [3.63, 3.8) is 0 Å². The molecule has 0 radical (unpaired) electrons. The lowest BCUT2D eigenvalue weighted by atomic mass is 10.2. The number of hydrogen-bond acceptors (Lipinski definition) is 4. The van der Waals surface area contributed by atoms with E-state index in [0.717, 1.165) is 0 Å². The van der Waals surface area contributed by atoms with Gasteiger partial charge in [0.1, 0.15) is 5.76 Å². The van der Waals surface area contributed by atoms with Gasteiger partial charge in [-0.1, -0.05) is 0 Å². The summed E-state index contributed by atoms with van der Waals surface area (Å²) in [5.41, 5.74) is 1.00. The third kappa shape index (κ3) is 5.31. The molecule has 3 N–H and O–H groups in total. The van der Waals surface area contributed by atoms with Gasteiger partial charge in [-0.25, -0.2) is 0 Å². The minimum absolute atomic E-state index is 0.132. The van der Waals surface area contributed by atoms with E-state index in [1.54, 1.807) is 36.4 Å². The van der Waals surface area contributed by atoms with Crippen LogP contribution in [0.4, 0.5) is 5.69 Å². The number of carbonyl (C=O) groups excluding carboxylic acids is 3. The molecule has 1 aromatic heterocycles. The highest BCUT2D eigenvalue weighted by molar-refractivity contribution is 5.97. The molecule has 0 atom stereocenters. The SMILES string of the molecule is CC(=O)Nc1ccc(C(=O)NCC(=O)NCc2ccco2)cc1. The molecule has 120 valence electrons. The summed E-state index contributed by atoms with van der Waals surface area (Å²) in [4.78, 5) is 34.5. The Morgan fingerprint density at radius 3 is 2.39 bits per heavy atom. The van der Waals surface area contributed by atoms with Crippen LogP contribution in [-0.2, 0) is 16.1 Å². The molecule has 0 spiro atoms. The van der Waals surface area contributed by atoms with Gasteiger partial charge in [0.25, 0.3) is 5.91 Å². The summed E-state index contributed by atoms with van der Waals surface area (Å²) < 4.78 is 5.09. The predicted molar refractivity (Wildman–Crippen MR) is 83.6 cm³/mol. The number of furan rings is 1. The number of hydrogen-bond donors (Lipinski definition) is 3. The molecule has 0 saturated heterocycles. The smallest absolute Gasteiger partial charge is 0.251 e. The van der Waals surface area contributed by atoms with Crippen LogP contribution < -0.4 is 16.0 Å². The Kier molecular flexibility index (Phi) is 5.51. The van der Waals surface area contributed by atoms with Crippen LogP contribution in [0.5, 0.6) is 0 Å². The standard InChI is InChI=1S/C16H17N3O4/c1-11(20)19-13-6-4-12(5-7-13)16(22)18-10-15(21)17-9-14-3-2-8-23-14/h2-8H,9-10H2,1H3,(H,17,21)(H,18,22)(H,19,20). The van der Waals surface area contributed by atoms with E-state index in [4.69, 9.17) is 4.42 Å². The van der Waals surface area contributed by atoms with E-state index in [-0.39, 0.29) is 30.8 Å². The first kappa shape index (κ1) is 16.3. The van der Waals surface area contributed by atoms with E-state index in [0.29, 0.717) is 17.0 Å². The molecule has 3 amide bonds. The summed E-state index contributed by atoms with van der Waals surface area (Å²) in [6, 6.07) is 9.85. The first-order valence-corrected chi connectivity index (χ1v) is 6.99. The maximum absolute atomic E-state index is 11.9. The van der Waals surface area contributed by atoms with Crippen molar-refractivity contribution in [2.75, 3.05) is 11.9 Å². The summed E-state index contributed by atoms with van der Waals surface area (Å²) in [6.07, 6.45) is 1.52. The second-order valence-corrected chi connectivity index (χ2v) is 4.80. The molecule has 0 unspecified atom stereocenters. The minimum Gasteiger partial charge on any atom is -0.467 e. The van der Waals surface area contributed by atoms with Crippen LogP contribution in [0.3, 0.4) is 0 Å². The highest BCUT2D eigenvalue weighted by atomic mass is 16.3. The molecule has 0 aliphatic heterocycles. The van der Waals surface area contributed by atoms with E-state index < -0.39 is 0 Å². The van der Waals surface area contributed by atoms with E-state index in [2.05, 4.69) is 16.0 Å². The Labute approximate surface area is 133 Å². The Morgan fingerprint density at radius 1 is 1.04 bits per heavy atom. The zero-order chi connectivity index (χ0) is 16.7. The van der Waals surface area contributed by atoms with E-state index in [9.17, 15) is 14.4 Å². The lowest BCUT2D eigenvalue weighted by Gasteiger charge is -2.07. The fraction of sp³-hybridized carbons (Fsp3) is 0.188. The lowest BCUT2D eigenvalue weighted by molar-refractivity contribution is -0.120. The van der Waals surface area contributed by atoms with Crippen LogP contribution in [-0.4, -0.2) is 24.3 Å². The largest absolute Gasteiger partial charge is 0.467 e. The van der Waals surface area contributed by atoms with Crippen molar-refractivity contribution in [1.29, 1.82) is 0 Å². The van der Waals surface area contributed by atoms with Crippen molar-refractivity contribution < 1.29 is 18.8 Å². The van der Waals surface area contributed by atoms with Crippen molar-refractivity contribution in [3.05, 3.63) is 54.0 Å². The highest BCUT2D eigenvalue weighted by Gasteiger charge is 2.08. The van der Waals surface area contributed by atoms with E-state index >= 15 is 0 Å². The quantitative estimate of drug-likeness (QED) is 0.747. The summed E-state index contributed by atoms with van der Waals surface area (Å²) >= 11 is 0. The fourth-order valence-corrected chi connectivity index (χ4v) is 1.83. The van der Waals surface area contributed by atoms with Gasteiger partial charge in [-0.05, 0) is 36.4 Å². The molecule has 23 heavy (non-hydrogen) atoms. The number of amides is 3. The molecule has 7 heteroatoms. The van der Waals surface area contributed by atoms with Crippen LogP contribution in [0.2, 0.25) is 0 Å². The predicted octanol–water partition coefficient (Wildman–Crippen LogP) is 1.28. The van der Waals surface area contributed by atoms with Crippen LogP contribution in [0, 0.1) is 0 Å². The Morgan fingerprint density at radius 2 is 1.78 bits per heavy atom. The van der Waals surface area contributed by atoms with Crippen molar-refractivity contribution in [2.45, 2.75) is 13.5 Å². The maximum Gasteiger partial charge on any atom is 0.251 e. The van der Waals surface area contributed by atoms with Crippen molar-refractivity contribution in [3.8, 4) is 0 Å². The molecule has 0 aliphatic carbocycles. The second kappa shape index (κ2) is 7.79. The van der Waals surface area contributed by atoms with Gasteiger partial charge in [-0.3, -0.25) is 14.4 Å². The average molecular weight is 315 g/mol. The molecular formula is C16H17N3O4. The Bertz CT molecular complexity index is 678. The van der Waals surface area contributed by atoms with Gasteiger partial charge in [-0.15, -0.1) is 0 Å². The van der Waals surface area contributed by atoms with Crippen LogP contribution in [0.15, 0.2) is 47.1 Å². The monoisotopic (exact) mass is 315 g/mol. The second-order valence-electron chi connectivity index (χ2n) is 4.80. The van der Waals surface area contributed by atoms with Crippen LogP contribution >= 0.6 is 0 Å². The first-order chi connectivity index (χ1) is 11.0. The summed E-state index contributed by atoms with van der Waals surface area (Å²) in [5, 5.41) is 7.76. The molecule has 1 aromatic carbocycles. The molecule has 1 heterocycles. The number of nitrogens with one attached hydrogen (secondary N) is 3. The van der Waals surface area contributed by atoms with E-state index in [1.165, 1.54) is 13.2 Å². The first-order valence-electron chi connectivity index (χ1n) is 6.99. The van der Waals surface area contributed by atoms with Gasteiger partial charge in [0.15, 0.2) is 0 Å². The number of anilines is 1. The number of rotatable bonds is 6. The fourth-order valence-electron chi connectivity index (χ4n) is 1.83. The molecular weight excluding hydrogens is 298 g/mol. The lowest BCUT2D eigenvalue weighted by Crippen LogP contribution is -2.36. The van der Waals surface area contributed by atoms with Crippen molar-refractivity contribution in [2.24, 2.45) is 0 Å². The minimum atomic E-state index is -0.368. The van der Waals surface area contributed by atoms with Crippen molar-refractivity contribution in [1.82, 2.24) is 10.6 Å². The molecule has 7 nitrogen and oxygen atoms in total. The summed E-state index contributed by atoms with van der Waals surface area (Å²) in [6.45, 7) is 1.54. The number of carbonyl (C=O) groups is 3. The molecule has 0 bridgehead atoms.